The number of carbonyl (C=O) groups excluding carboxylic acids is 2. The Morgan fingerprint density at radius 2 is 1.77 bits per heavy atom. The predicted octanol–water partition coefficient (Wildman–Crippen LogP) is 4.72. The van der Waals surface area contributed by atoms with Crippen LogP contribution in [0.3, 0.4) is 0 Å². The van der Waals surface area contributed by atoms with E-state index in [2.05, 4.69) is 6.92 Å². The molecule has 1 atom stereocenters. The molecule has 2 fully saturated rings. The van der Waals surface area contributed by atoms with E-state index >= 15 is 0 Å². The van der Waals surface area contributed by atoms with E-state index in [1.54, 1.807) is 12.0 Å². The van der Waals surface area contributed by atoms with Crippen molar-refractivity contribution in [3.8, 4) is 11.5 Å². The second kappa shape index (κ2) is 10.9. The summed E-state index contributed by atoms with van der Waals surface area (Å²) in [5.41, 5.74) is 0.792. The molecule has 3 rings (SSSR count). The molecule has 1 saturated heterocycles. The Morgan fingerprint density at radius 1 is 1.06 bits per heavy atom. The molecule has 2 aliphatic rings. The Balaban J connectivity index is 1.95. The molecule has 0 N–H and O–H groups in total. The lowest BCUT2D eigenvalue weighted by Gasteiger charge is -2.43. The SMILES string of the molecule is CCCCN1C(=O)CN(C2CCCCCC2)C(=O)[C@@H]1c1ccc(OC(C)C)c(OC)c1. The summed E-state index contributed by atoms with van der Waals surface area (Å²) in [7, 11) is 1.60. The van der Waals surface area contributed by atoms with Crippen LogP contribution in [0.4, 0.5) is 0 Å². The minimum atomic E-state index is -0.599. The lowest BCUT2D eigenvalue weighted by Crippen LogP contribution is -2.58. The number of hydrogen-bond acceptors (Lipinski definition) is 4. The van der Waals surface area contributed by atoms with Crippen molar-refractivity contribution in [3.63, 3.8) is 0 Å². The number of unbranched alkanes of at least 4 members (excludes halogenated alkanes) is 1. The number of amides is 2. The zero-order valence-electron chi connectivity index (χ0n) is 19.6. The standard InChI is InChI=1S/C25H38N2O4/c1-5-6-15-26-23(28)17-27(20-11-9-7-8-10-12-20)25(29)24(26)19-13-14-21(31-18(2)3)22(16-19)30-4/h13-14,16,18,20,24H,5-12,15,17H2,1-4H3/t24-/m0/s1. The highest BCUT2D eigenvalue weighted by molar-refractivity contribution is 5.96. The summed E-state index contributed by atoms with van der Waals surface area (Å²) >= 11 is 0. The van der Waals surface area contributed by atoms with Crippen molar-refractivity contribution < 1.29 is 19.1 Å². The highest BCUT2D eigenvalue weighted by Crippen LogP contribution is 2.36. The van der Waals surface area contributed by atoms with E-state index in [0.717, 1.165) is 44.1 Å². The van der Waals surface area contributed by atoms with Gasteiger partial charge in [0.2, 0.25) is 5.91 Å². The van der Waals surface area contributed by atoms with Crippen LogP contribution in [-0.2, 0) is 9.59 Å². The number of piperazine rings is 1. The van der Waals surface area contributed by atoms with Gasteiger partial charge in [-0.15, -0.1) is 0 Å². The summed E-state index contributed by atoms with van der Waals surface area (Å²) in [5, 5.41) is 0. The van der Waals surface area contributed by atoms with Crippen LogP contribution in [0, 0.1) is 0 Å². The summed E-state index contributed by atoms with van der Waals surface area (Å²) in [6.07, 6.45) is 8.54. The molecule has 31 heavy (non-hydrogen) atoms. The van der Waals surface area contributed by atoms with Gasteiger partial charge in [0.25, 0.3) is 5.91 Å². The number of nitrogens with zero attached hydrogens (tertiary/aromatic N) is 2. The van der Waals surface area contributed by atoms with Crippen molar-refractivity contribution >= 4 is 11.8 Å². The number of carbonyl (C=O) groups is 2. The monoisotopic (exact) mass is 430 g/mol. The predicted molar refractivity (Wildman–Crippen MR) is 121 cm³/mol. The second-order valence-corrected chi connectivity index (χ2v) is 9.03. The summed E-state index contributed by atoms with van der Waals surface area (Å²) in [4.78, 5) is 30.6. The molecule has 1 aromatic carbocycles. The van der Waals surface area contributed by atoms with E-state index < -0.39 is 6.04 Å². The molecule has 1 saturated carbocycles. The zero-order chi connectivity index (χ0) is 22.4. The Bertz CT molecular complexity index is 756. The smallest absolute Gasteiger partial charge is 0.250 e. The molecule has 1 aliphatic heterocycles. The Kier molecular flexibility index (Phi) is 8.22. The van der Waals surface area contributed by atoms with Gasteiger partial charge in [-0.25, -0.2) is 0 Å². The second-order valence-electron chi connectivity index (χ2n) is 9.03. The van der Waals surface area contributed by atoms with Crippen molar-refractivity contribution in [1.29, 1.82) is 0 Å². The topological polar surface area (TPSA) is 59.1 Å². The van der Waals surface area contributed by atoms with Gasteiger partial charge in [-0.1, -0.05) is 45.1 Å². The quantitative estimate of drug-likeness (QED) is 0.560. The van der Waals surface area contributed by atoms with E-state index in [1.165, 1.54) is 12.8 Å². The van der Waals surface area contributed by atoms with Gasteiger partial charge in [-0.2, -0.15) is 0 Å². The lowest BCUT2D eigenvalue weighted by molar-refractivity contribution is -0.159. The molecule has 6 nitrogen and oxygen atoms in total. The van der Waals surface area contributed by atoms with E-state index in [1.807, 2.05) is 36.9 Å². The molecule has 0 bridgehead atoms. The summed E-state index contributed by atoms with van der Waals surface area (Å²) < 4.78 is 11.4. The number of rotatable bonds is 8. The first kappa shape index (κ1) is 23.4. The van der Waals surface area contributed by atoms with Gasteiger partial charge in [-0.3, -0.25) is 9.59 Å². The molecule has 0 radical (unpaired) electrons. The molecule has 0 spiro atoms. The first-order valence-corrected chi connectivity index (χ1v) is 11.9. The maximum absolute atomic E-state index is 13.8. The molecule has 0 aromatic heterocycles. The van der Waals surface area contributed by atoms with Crippen LogP contribution in [0.15, 0.2) is 18.2 Å². The van der Waals surface area contributed by atoms with E-state index in [9.17, 15) is 9.59 Å². The van der Waals surface area contributed by atoms with Crippen LogP contribution < -0.4 is 9.47 Å². The van der Waals surface area contributed by atoms with Gasteiger partial charge in [0.15, 0.2) is 11.5 Å². The van der Waals surface area contributed by atoms with E-state index in [4.69, 9.17) is 9.47 Å². The zero-order valence-corrected chi connectivity index (χ0v) is 19.6. The molecule has 1 aliphatic carbocycles. The van der Waals surface area contributed by atoms with Crippen LogP contribution in [0.1, 0.15) is 83.7 Å². The number of ether oxygens (including phenoxy) is 2. The first-order chi connectivity index (χ1) is 15.0. The highest BCUT2D eigenvalue weighted by atomic mass is 16.5. The van der Waals surface area contributed by atoms with E-state index in [0.29, 0.717) is 18.0 Å². The fraction of sp³-hybridized carbons (Fsp3) is 0.680. The Hall–Kier alpha value is -2.24. The van der Waals surface area contributed by atoms with Crippen molar-refractivity contribution in [2.24, 2.45) is 0 Å². The van der Waals surface area contributed by atoms with E-state index in [-0.39, 0.29) is 30.5 Å². The van der Waals surface area contributed by atoms with Crippen LogP contribution in [0.2, 0.25) is 0 Å². The van der Waals surface area contributed by atoms with Crippen LogP contribution in [0.5, 0.6) is 11.5 Å². The lowest BCUT2D eigenvalue weighted by atomic mass is 9.97. The van der Waals surface area contributed by atoms with Crippen LogP contribution >= 0.6 is 0 Å². The molecule has 0 unspecified atom stereocenters. The molecular formula is C25H38N2O4. The summed E-state index contributed by atoms with van der Waals surface area (Å²) in [5.74, 6) is 1.33. The minimum Gasteiger partial charge on any atom is -0.493 e. The maximum atomic E-state index is 13.8. The fourth-order valence-corrected chi connectivity index (χ4v) is 4.74. The Morgan fingerprint density at radius 3 is 2.39 bits per heavy atom. The molecule has 172 valence electrons. The number of hydrogen-bond donors (Lipinski definition) is 0. The normalized spacial score (nSPS) is 20.9. The highest BCUT2D eigenvalue weighted by Gasteiger charge is 2.42. The first-order valence-electron chi connectivity index (χ1n) is 11.9. The van der Waals surface area contributed by atoms with Crippen molar-refractivity contribution in [3.05, 3.63) is 23.8 Å². The molecule has 1 aromatic rings. The van der Waals surface area contributed by atoms with Crippen molar-refractivity contribution in [2.45, 2.75) is 90.3 Å². The number of methoxy groups -OCH3 is 1. The fourth-order valence-electron chi connectivity index (χ4n) is 4.74. The molecule has 1 heterocycles. The third kappa shape index (κ3) is 5.52. The maximum Gasteiger partial charge on any atom is 0.250 e. The van der Waals surface area contributed by atoms with Gasteiger partial charge in [0, 0.05) is 12.6 Å². The average Bonchev–Trinajstić information content (AvgIpc) is 3.03. The largest absolute Gasteiger partial charge is 0.493 e. The Labute approximate surface area is 186 Å². The minimum absolute atomic E-state index is 0.0180. The summed E-state index contributed by atoms with van der Waals surface area (Å²) in [6.45, 7) is 6.83. The van der Waals surface area contributed by atoms with Gasteiger partial charge in [-0.05, 0) is 50.8 Å². The van der Waals surface area contributed by atoms with Crippen LogP contribution in [-0.4, -0.2) is 54.0 Å². The average molecular weight is 431 g/mol. The molecular weight excluding hydrogens is 392 g/mol. The third-order valence-corrected chi connectivity index (χ3v) is 6.34. The molecule has 2 amide bonds. The number of benzene rings is 1. The van der Waals surface area contributed by atoms with Gasteiger partial charge in [0.1, 0.15) is 12.6 Å². The van der Waals surface area contributed by atoms with Crippen molar-refractivity contribution in [2.75, 3.05) is 20.2 Å². The summed E-state index contributed by atoms with van der Waals surface area (Å²) in [6, 6.07) is 5.20. The van der Waals surface area contributed by atoms with Crippen LogP contribution in [0.25, 0.3) is 0 Å². The van der Waals surface area contributed by atoms with Gasteiger partial charge >= 0.3 is 0 Å². The third-order valence-electron chi connectivity index (χ3n) is 6.34. The van der Waals surface area contributed by atoms with Gasteiger partial charge < -0.3 is 19.3 Å². The van der Waals surface area contributed by atoms with Crippen molar-refractivity contribution in [1.82, 2.24) is 9.80 Å². The molecule has 6 heteroatoms. The van der Waals surface area contributed by atoms with Gasteiger partial charge in [0.05, 0.1) is 13.2 Å².